The molecule has 128 valence electrons. The standard InChI is InChI=1S/C17H16N4O3S/c1-2-21-15(22)13-12(18-17(21)24)14(25-19-13)16(23)20-8-7-10-5-3-4-6-11(10)9-20/h3-6H,2,7-9H2,1H3,(H,18,24). The van der Waals surface area contributed by atoms with Crippen molar-refractivity contribution in [3.63, 3.8) is 0 Å². The van der Waals surface area contributed by atoms with E-state index >= 15 is 0 Å². The van der Waals surface area contributed by atoms with Crippen molar-refractivity contribution in [2.24, 2.45) is 0 Å². The first-order valence-electron chi connectivity index (χ1n) is 8.08. The summed E-state index contributed by atoms with van der Waals surface area (Å²) in [4.78, 5) is 42.0. The van der Waals surface area contributed by atoms with Gasteiger partial charge in [-0.1, -0.05) is 24.3 Å². The van der Waals surface area contributed by atoms with Gasteiger partial charge in [0, 0.05) is 19.6 Å². The van der Waals surface area contributed by atoms with Crippen LogP contribution in [0.3, 0.4) is 0 Å². The molecule has 1 aliphatic heterocycles. The molecule has 2 aromatic heterocycles. The molecule has 8 heteroatoms. The minimum atomic E-state index is -0.516. The number of rotatable bonds is 2. The Kier molecular flexibility index (Phi) is 3.76. The van der Waals surface area contributed by atoms with Crippen LogP contribution in [0.15, 0.2) is 33.9 Å². The lowest BCUT2D eigenvalue weighted by atomic mass is 10.00. The number of fused-ring (bicyclic) bond motifs is 2. The Balaban J connectivity index is 1.75. The quantitative estimate of drug-likeness (QED) is 0.751. The number of aromatic amines is 1. The predicted octanol–water partition coefficient (Wildman–Crippen LogP) is 1.36. The van der Waals surface area contributed by atoms with Crippen LogP contribution in [-0.2, 0) is 19.5 Å². The summed E-state index contributed by atoms with van der Waals surface area (Å²) >= 11 is 0.963. The molecule has 1 aromatic carbocycles. The van der Waals surface area contributed by atoms with E-state index in [4.69, 9.17) is 0 Å². The molecule has 0 radical (unpaired) electrons. The van der Waals surface area contributed by atoms with E-state index in [0.717, 1.165) is 28.1 Å². The van der Waals surface area contributed by atoms with Gasteiger partial charge < -0.3 is 9.88 Å². The number of aromatic nitrogens is 3. The van der Waals surface area contributed by atoms with Gasteiger partial charge in [0.2, 0.25) is 0 Å². The highest BCUT2D eigenvalue weighted by Crippen LogP contribution is 2.24. The molecule has 0 aliphatic carbocycles. The summed E-state index contributed by atoms with van der Waals surface area (Å²) in [5, 5.41) is 0. The maximum atomic E-state index is 12.9. The summed E-state index contributed by atoms with van der Waals surface area (Å²) < 4.78 is 5.20. The van der Waals surface area contributed by atoms with E-state index in [2.05, 4.69) is 15.4 Å². The Bertz CT molecular complexity index is 1100. The Morgan fingerprint density at radius 1 is 1.28 bits per heavy atom. The molecule has 0 bridgehead atoms. The average Bonchev–Trinajstić information content (AvgIpc) is 3.05. The van der Waals surface area contributed by atoms with Crippen molar-refractivity contribution in [1.82, 2.24) is 18.8 Å². The first kappa shape index (κ1) is 15.8. The van der Waals surface area contributed by atoms with Crippen molar-refractivity contribution in [3.8, 4) is 0 Å². The molecular formula is C17H16N4O3S. The summed E-state index contributed by atoms with van der Waals surface area (Å²) in [6.07, 6.45) is 0.789. The van der Waals surface area contributed by atoms with Crippen LogP contribution in [0.4, 0.5) is 0 Å². The molecule has 3 aromatic rings. The highest BCUT2D eigenvalue weighted by Gasteiger charge is 2.26. The van der Waals surface area contributed by atoms with Crippen molar-refractivity contribution in [3.05, 3.63) is 61.1 Å². The first-order chi connectivity index (χ1) is 12.1. The average molecular weight is 356 g/mol. The third-order valence-electron chi connectivity index (χ3n) is 4.55. The molecule has 0 unspecified atom stereocenters. The summed E-state index contributed by atoms with van der Waals surface area (Å²) in [6, 6.07) is 8.04. The SMILES string of the molecule is CCn1c(=O)[nH]c2c(C(=O)N3CCc4ccccc4C3)snc2c1=O. The van der Waals surface area contributed by atoms with E-state index in [9.17, 15) is 14.4 Å². The lowest BCUT2D eigenvalue weighted by molar-refractivity contribution is 0.0741. The Hall–Kier alpha value is -2.74. The Morgan fingerprint density at radius 3 is 2.80 bits per heavy atom. The van der Waals surface area contributed by atoms with Gasteiger partial charge in [-0.15, -0.1) is 0 Å². The van der Waals surface area contributed by atoms with Crippen LogP contribution >= 0.6 is 11.5 Å². The van der Waals surface area contributed by atoms with Gasteiger partial charge >= 0.3 is 5.69 Å². The van der Waals surface area contributed by atoms with Gasteiger partial charge in [0.1, 0.15) is 4.88 Å². The number of hydrogen-bond acceptors (Lipinski definition) is 5. The number of nitrogens with one attached hydrogen (secondary N) is 1. The number of H-pyrrole nitrogens is 1. The van der Waals surface area contributed by atoms with Crippen LogP contribution in [0.25, 0.3) is 11.0 Å². The third kappa shape index (κ3) is 2.49. The normalized spacial score (nSPS) is 13.9. The zero-order valence-corrected chi connectivity index (χ0v) is 14.4. The summed E-state index contributed by atoms with van der Waals surface area (Å²) in [5.74, 6) is -0.202. The maximum absolute atomic E-state index is 12.9. The second-order valence-electron chi connectivity index (χ2n) is 5.96. The number of amides is 1. The summed E-state index contributed by atoms with van der Waals surface area (Å²) in [5.41, 5.74) is 1.79. The van der Waals surface area contributed by atoms with E-state index in [-0.39, 0.29) is 23.5 Å². The molecule has 0 fully saturated rings. The second-order valence-corrected chi connectivity index (χ2v) is 6.73. The maximum Gasteiger partial charge on any atom is 0.328 e. The highest BCUT2D eigenvalue weighted by atomic mass is 32.1. The molecule has 1 amide bonds. The zero-order chi connectivity index (χ0) is 17.6. The van der Waals surface area contributed by atoms with Gasteiger partial charge in [-0.05, 0) is 36.0 Å². The molecule has 1 aliphatic rings. The molecule has 4 rings (SSSR count). The van der Waals surface area contributed by atoms with Crippen LogP contribution in [0.1, 0.15) is 27.7 Å². The van der Waals surface area contributed by atoms with Crippen LogP contribution in [0, 0.1) is 0 Å². The van der Waals surface area contributed by atoms with Gasteiger partial charge in [-0.2, -0.15) is 4.37 Å². The van der Waals surface area contributed by atoms with Crippen LogP contribution in [0.5, 0.6) is 0 Å². The van der Waals surface area contributed by atoms with E-state index in [1.54, 1.807) is 11.8 Å². The van der Waals surface area contributed by atoms with E-state index in [0.29, 0.717) is 18.0 Å². The fourth-order valence-corrected chi connectivity index (χ4v) is 3.99. The number of carbonyl (C=O) groups excluding carboxylic acids is 1. The van der Waals surface area contributed by atoms with Crippen molar-refractivity contribution in [2.45, 2.75) is 26.4 Å². The fourth-order valence-electron chi connectivity index (χ4n) is 3.19. The van der Waals surface area contributed by atoms with Crippen molar-refractivity contribution in [2.75, 3.05) is 6.54 Å². The number of benzene rings is 1. The third-order valence-corrected chi connectivity index (χ3v) is 5.38. The molecule has 7 nitrogen and oxygen atoms in total. The Labute approximate surface area is 146 Å². The second kappa shape index (κ2) is 5.96. The van der Waals surface area contributed by atoms with E-state index < -0.39 is 11.2 Å². The molecule has 0 saturated heterocycles. The topological polar surface area (TPSA) is 88.1 Å². The molecular weight excluding hydrogens is 340 g/mol. The van der Waals surface area contributed by atoms with Gasteiger partial charge in [-0.3, -0.25) is 14.2 Å². The van der Waals surface area contributed by atoms with Gasteiger partial charge in [0.25, 0.3) is 11.5 Å². The number of carbonyl (C=O) groups is 1. The lowest BCUT2D eigenvalue weighted by Crippen LogP contribution is -2.37. The van der Waals surface area contributed by atoms with Crippen molar-refractivity contribution >= 4 is 28.5 Å². The fraction of sp³-hybridized carbons (Fsp3) is 0.294. The number of hydrogen-bond donors (Lipinski definition) is 1. The lowest BCUT2D eigenvalue weighted by Gasteiger charge is -2.28. The largest absolute Gasteiger partial charge is 0.333 e. The van der Waals surface area contributed by atoms with Gasteiger partial charge in [0.05, 0.1) is 5.52 Å². The molecule has 0 atom stereocenters. The minimum Gasteiger partial charge on any atom is -0.333 e. The minimum absolute atomic E-state index is 0.146. The van der Waals surface area contributed by atoms with Gasteiger partial charge in [0.15, 0.2) is 5.52 Å². The highest BCUT2D eigenvalue weighted by molar-refractivity contribution is 7.09. The predicted molar refractivity (Wildman–Crippen MR) is 95.1 cm³/mol. The summed E-state index contributed by atoms with van der Waals surface area (Å²) in [7, 11) is 0. The van der Waals surface area contributed by atoms with Crippen LogP contribution < -0.4 is 11.2 Å². The Morgan fingerprint density at radius 2 is 2.04 bits per heavy atom. The summed E-state index contributed by atoms with van der Waals surface area (Å²) in [6.45, 7) is 3.09. The van der Waals surface area contributed by atoms with Gasteiger partial charge in [-0.25, -0.2) is 4.79 Å². The van der Waals surface area contributed by atoms with Crippen molar-refractivity contribution < 1.29 is 4.79 Å². The van der Waals surface area contributed by atoms with Crippen LogP contribution in [-0.4, -0.2) is 31.3 Å². The molecule has 0 spiro atoms. The van der Waals surface area contributed by atoms with Crippen molar-refractivity contribution in [1.29, 1.82) is 0 Å². The molecule has 1 N–H and O–H groups in total. The monoisotopic (exact) mass is 356 g/mol. The first-order valence-corrected chi connectivity index (χ1v) is 8.86. The smallest absolute Gasteiger partial charge is 0.328 e. The molecule has 3 heterocycles. The van der Waals surface area contributed by atoms with E-state index in [1.807, 2.05) is 18.2 Å². The van der Waals surface area contributed by atoms with Crippen LogP contribution in [0.2, 0.25) is 0 Å². The zero-order valence-electron chi connectivity index (χ0n) is 13.6. The van der Waals surface area contributed by atoms with E-state index in [1.165, 1.54) is 5.56 Å². The molecule has 25 heavy (non-hydrogen) atoms. The molecule has 0 saturated carbocycles. The number of nitrogens with zero attached hydrogens (tertiary/aromatic N) is 3.